The summed E-state index contributed by atoms with van der Waals surface area (Å²) in [7, 11) is 0. The molecule has 0 atom stereocenters. The number of rotatable bonds is 9. The first-order valence-electron chi connectivity index (χ1n) is 22.5. The highest BCUT2D eigenvalue weighted by Gasteiger charge is 2.51. The van der Waals surface area contributed by atoms with Crippen LogP contribution in [0.2, 0.25) is 0 Å². The third kappa shape index (κ3) is 6.57. The highest BCUT2D eigenvalue weighted by atomic mass is 15.1. The van der Waals surface area contributed by atoms with Crippen LogP contribution in [0.25, 0.3) is 33.4 Å². The van der Waals surface area contributed by atoms with E-state index >= 15 is 0 Å². The molecule has 0 spiro atoms. The van der Waals surface area contributed by atoms with Gasteiger partial charge in [0.15, 0.2) is 0 Å². The molecule has 0 aliphatic heterocycles. The average Bonchev–Trinajstić information content (AvgIpc) is 3.68. The molecule has 4 fully saturated rings. The number of anilines is 6. The van der Waals surface area contributed by atoms with Crippen LogP contribution in [0.1, 0.15) is 55.2 Å². The second-order valence-corrected chi connectivity index (χ2v) is 18.4. The minimum Gasteiger partial charge on any atom is -0.311 e. The molecule has 2 heteroatoms. The van der Waals surface area contributed by atoms with Crippen LogP contribution in [0.5, 0.6) is 0 Å². The van der Waals surface area contributed by atoms with E-state index in [0.717, 1.165) is 58.3 Å². The Labute approximate surface area is 360 Å². The third-order valence-electron chi connectivity index (χ3n) is 14.6. The molecule has 2 nitrogen and oxygen atoms in total. The molecule has 0 radical (unpaired) electrons. The lowest BCUT2D eigenvalue weighted by atomic mass is 9.48. The highest BCUT2D eigenvalue weighted by Crippen LogP contribution is 2.61. The maximum atomic E-state index is 2.47. The molecule has 0 aromatic heterocycles. The van der Waals surface area contributed by atoms with Crippen molar-refractivity contribution in [2.24, 2.45) is 17.8 Å². The molecule has 0 saturated heterocycles. The van der Waals surface area contributed by atoms with Gasteiger partial charge in [-0.15, -0.1) is 0 Å². The van der Waals surface area contributed by atoms with E-state index in [9.17, 15) is 0 Å². The first kappa shape index (κ1) is 36.2. The number of hydrogen-bond donors (Lipinski definition) is 0. The van der Waals surface area contributed by atoms with E-state index in [1.807, 2.05) is 0 Å². The van der Waals surface area contributed by atoms with Crippen LogP contribution in [0.15, 0.2) is 200 Å². The van der Waals surface area contributed by atoms with E-state index in [1.165, 1.54) is 83.0 Å². The van der Waals surface area contributed by atoms with Crippen molar-refractivity contribution in [2.75, 3.05) is 9.80 Å². The molecule has 61 heavy (non-hydrogen) atoms. The Bertz CT molecular complexity index is 2790. The highest BCUT2D eigenvalue weighted by molar-refractivity contribution is 5.85. The number of nitrogens with zero attached hydrogens (tertiary/aromatic N) is 2. The van der Waals surface area contributed by atoms with Gasteiger partial charge in [0.1, 0.15) is 0 Å². The van der Waals surface area contributed by atoms with E-state index in [1.54, 1.807) is 5.56 Å². The van der Waals surface area contributed by atoms with Gasteiger partial charge < -0.3 is 9.80 Å². The zero-order valence-corrected chi connectivity index (χ0v) is 34.6. The smallest absolute Gasteiger partial charge is 0.0467 e. The summed E-state index contributed by atoms with van der Waals surface area (Å²) in [6.45, 7) is 0. The molecule has 4 bridgehead atoms. The third-order valence-corrected chi connectivity index (χ3v) is 14.6. The van der Waals surface area contributed by atoms with Crippen LogP contribution in [-0.4, -0.2) is 0 Å². The van der Waals surface area contributed by atoms with E-state index in [-0.39, 0.29) is 0 Å². The zero-order chi connectivity index (χ0) is 40.3. The molecule has 0 amide bonds. The Kier molecular flexibility index (Phi) is 8.80. The van der Waals surface area contributed by atoms with Crippen molar-refractivity contribution >= 4 is 34.1 Å². The summed E-state index contributed by atoms with van der Waals surface area (Å²) < 4.78 is 0. The number of para-hydroxylation sites is 2. The van der Waals surface area contributed by atoms with Gasteiger partial charge in [-0.25, -0.2) is 0 Å². The van der Waals surface area contributed by atoms with Crippen molar-refractivity contribution < 1.29 is 0 Å². The normalized spacial score (nSPS) is 20.6. The van der Waals surface area contributed by atoms with Crippen LogP contribution < -0.4 is 9.80 Å². The summed E-state index contributed by atoms with van der Waals surface area (Å²) >= 11 is 0. The predicted molar refractivity (Wildman–Crippen MR) is 255 cm³/mol. The van der Waals surface area contributed by atoms with E-state index in [2.05, 4.69) is 210 Å². The summed E-state index contributed by atoms with van der Waals surface area (Å²) in [5.74, 6) is 2.89. The van der Waals surface area contributed by atoms with Gasteiger partial charge in [-0.2, -0.15) is 0 Å². The van der Waals surface area contributed by atoms with Crippen molar-refractivity contribution in [3.05, 3.63) is 217 Å². The Morgan fingerprint density at radius 2 is 0.705 bits per heavy atom. The van der Waals surface area contributed by atoms with Crippen LogP contribution in [0.3, 0.4) is 0 Å². The lowest BCUT2D eigenvalue weighted by molar-refractivity contribution is -0.00518. The summed E-state index contributed by atoms with van der Waals surface area (Å²) in [6, 6.07) is 74.1. The standard InChI is InChI=1S/C59H50N2/c1-3-10-51(11-4-1)60(53-26-17-45(18-27-53)44-15-24-50(25-16-44)59-38-41-33-42(39-59)35-43(34-41)40-59)54-28-19-46(20-29-54)47-21-30-55(31-22-47)61(52-12-5-2-6-13-52)56-32-23-49-36-48-9-7-8-14-57(48)58(49)37-56/h1-32,37,41-43H,33-36,38-40H2. The number of fused-ring (bicyclic) bond motifs is 3. The van der Waals surface area contributed by atoms with Gasteiger partial charge in [0.05, 0.1) is 0 Å². The summed E-state index contributed by atoms with van der Waals surface area (Å²) in [5, 5.41) is 0. The van der Waals surface area contributed by atoms with Gasteiger partial charge in [0, 0.05) is 34.1 Å². The van der Waals surface area contributed by atoms with Crippen LogP contribution in [-0.2, 0) is 11.8 Å². The summed E-state index contributed by atoms with van der Waals surface area (Å²) in [4.78, 5) is 4.73. The van der Waals surface area contributed by atoms with Gasteiger partial charge in [-0.1, -0.05) is 127 Å². The van der Waals surface area contributed by atoms with Gasteiger partial charge in [-0.3, -0.25) is 0 Å². The van der Waals surface area contributed by atoms with Crippen LogP contribution in [0.4, 0.5) is 34.1 Å². The van der Waals surface area contributed by atoms with Crippen molar-refractivity contribution in [3.8, 4) is 33.4 Å². The second kappa shape index (κ2) is 14.8. The van der Waals surface area contributed by atoms with Gasteiger partial charge in [-0.05, 0) is 191 Å². The molecule has 8 aromatic rings. The maximum absolute atomic E-state index is 2.47. The molecule has 5 aliphatic carbocycles. The maximum Gasteiger partial charge on any atom is 0.0467 e. The lowest BCUT2D eigenvalue weighted by Gasteiger charge is -2.57. The fourth-order valence-electron chi connectivity index (χ4n) is 12.2. The average molecular weight is 787 g/mol. The Balaban J connectivity index is 0.807. The SMILES string of the molecule is c1ccc(N(c2ccc(-c3ccc(N(c4ccccc4)c4ccc5c(c4)-c4ccccc4C5)cc3)cc2)c2ccc(-c3ccc(C45CC6CC(CC(C6)C4)C5)cc3)cc2)cc1. The van der Waals surface area contributed by atoms with Crippen molar-refractivity contribution in [3.63, 3.8) is 0 Å². The topological polar surface area (TPSA) is 6.48 Å². The largest absolute Gasteiger partial charge is 0.311 e. The van der Waals surface area contributed by atoms with Crippen molar-refractivity contribution in [2.45, 2.75) is 50.4 Å². The molecule has 0 unspecified atom stereocenters. The van der Waals surface area contributed by atoms with Crippen LogP contribution in [0, 0.1) is 17.8 Å². The Hall–Kier alpha value is -6.64. The molecule has 8 aromatic carbocycles. The molecular formula is C59H50N2. The van der Waals surface area contributed by atoms with Crippen molar-refractivity contribution in [1.82, 2.24) is 0 Å². The number of hydrogen-bond acceptors (Lipinski definition) is 2. The van der Waals surface area contributed by atoms with Crippen LogP contribution >= 0.6 is 0 Å². The van der Waals surface area contributed by atoms with Gasteiger partial charge in [0.2, 0.25) is 0 Å². The minimum absolute atomic E-state index is 0.437. The molecule has 296 valence electrons. The Morgan fingerprint density at radius 1 is 0.328 bits per heavy atom. The monoisotopic (exact) mass is 786 g/mol. The predicted octanol–water partition coefficient (Wildman–Crippen LogP) is 16.0. The molecular weight excluding hydrogens is 737 g/mol. The molecule has 13 rings (SSSR count). The van der Waals surface area contributed by atoms with E-state index in [4.69, 9.17) is 0 Å². The zero-order valence-electron chi connectivity index (χ0n) is 34.6. The van der Waals surface area contributed by atoms with Crippen molar-refractivity contribution in [1.29, 1.82) is 0 Å². The lowest BCUT2D eigenvalue weighted by Crippen LogP contribution is -2.48. The quantitative estimate of drug-likeness (QED) is 0.144. The number of benzene rings is 8. The Morgan fingerprint density at radius 3 is 1.20 bits per heavy atom. The fraction of sp³-hybridized carbons (Fsp3) is 0.186. The fourth-order valence-corrected chi connectivity index (χ4v) is 12.2. The molecule has 4 saturated carbocycles. The first-order chi connectivity index (χ1) is 30.1. The van der Waals surface area contributed by atoms with Gasteiger partial charge >= 0.3 is 0 Å². The minimum atomic E-state index is 0.437. The van der Waals surface area contributed by atoms with E-state index in [0.29, 0.717) is 5.41 Å². The summed E-state index contributed by atoms with van der Waals surface area (Å²) in [6.07, 6.45) is 9.70. The van der Waals surface area contributed by atoms with E-state index < -0.39 is 0 Å². The first-order valence-corrected chi connectivity index (χ1v) is 22.5. The summed E-state index contributed by atoms with van der Waals surface area (Å²) in [5.41, 5.74) is 19.3. The molecule has 5 aliphatic rings. The molecule has 0 N–H and O–H groups in total. The second-order valence-electron chi connectivity index (χ2n) is 18.4. The molecule has 0 heterocycles. The van der Waals surface area contributed by atoms with Gasteiger partial charge in [0.25, 0.3) is 0 Å².